The van der Waals surface area contributed by atoms with Crippen LogP contribution >= 0.6 is 7.14 Å². The number of fused-ring (bicyclic) bond motifs is 2. The summed E-state index contributed by atoms with van der Waals surface area (Å²) in [5.74, 6) is 0.967. The molecule has 1 aliphatic heterocycles. The number of pyridine rings is 1. The number of rotatable bonds is 7. The van der Waals surface area contributed by atoms with Crippen molar-refractivity contribution in [3.8, 4) is 16.9 Å². The molecule has 9 heteroatoms. The molecule has 0 atom stereocenters. The Morgan fingerprint density at radius 1 is 1.11 bits per heavy atom. The smallest absolute Gasteiger partial charge is 0.209 e. The number of nitrogens with zero attached hydrogens (tertiary/aromatic N) is 4. The quantitative estimate of drug-likeness (QED) is 0.360. The van der Waals surface area contributed by atoms with Crippen LogP contribution in [0.4, 0.5) is 10.3 Å². The van der Waals surface area contributed by atoms with Gasteiger partial charge in [0.1, 0.15) is 30.5 Å². The van der Waals surface area contributed by atoms with Crippen molar-refractivity contribution in [2.75, 3.05) is 24.2 Å². The van der Waals surface area contributed by atoms with Gasteiger partial charge in [0.25, 0.3) is 0 Å². The largest absolute Gasteiger partial charge is 0.493 e. The molecule has 0 saturated heterocycles. The van der Waals surface area contributed by atoms with Gasteiger partial charge in [-0.05, 0) is 32.0 Å². The zero-order valence-electron chi connectivity index (χ0n) is 20.4. The molecule has 1 aromatic carbocycles. The van der Waals surface area contributed by atoms with E-state index in [9.17, 15) is 8.96 Å². The summed E-state index contributed by atoms with van der Waals surface area (Å²) >= 11 is 0. The lowest BCUT2D eigenvalue weighted by Gasteiger charge is -2.17. The first-order valence-corrected chi connectivity index (χ1v) is 14.0. The second-order valence-electron chi connectivity index (χ2n) is 8.84. The van der Waals surface area contributed by atoms with E-state index in [-0.39, 0.29) is 12.4 Å². The third kappa shape index (κ3) is 4.00. The predicted octanol–water partition coefficient (Wildman–Crippen LogP) is 5.12. The van der Waals surface area contributed by atoms with Crippen LogP contribution in [0.1, 0.15) is 36.4 Å². The van der Waals surface area contributed by atoms with Gasteiger partial charge in [-0.2, -0.15) is 0 Å². The Balaban J connectivity index is 1.64. The van der Waals surface area contributed by atoms with E-state index in [1.165, 1.54) is 6.07 Å². The molecule has 182 valence electrons. The number of anilines is 1. The lowest BCUT2D eigenvalue weighted by Crippen LogP contribution is -2.14. The normalized spacial score (nSPS) is 13.2. The van der Waals surface area contributed by atoms with Crippen LogP contribution in [0.5, 0.6) is 5.75 Å². The van der Waals surface area contributed by atoms with Crippen molar-refractivity contribution in [1.29, 1.82) is 0 Å². The van der Waals surface area contributed by atoms with E-state index in [4.69, 9.17) is 4.74 Å². The van der Waals surface area contributed by atoms with E-state index >= 15 is 0 Å². The number of hydrogen-bond acceptors (Lipinski definition) is 6. The molecule has 0 saturated carbocycles. The number of imidazole rings is 1. The van der Waals surface area contributed by atoms with Crippen LogP contribution in [-0.2, 0) is 17.5 Å². The summed E-state index contributed by atoms with van der Waals surface area (Å²) in [6.07, 6.45) is 5.15. The fraction of sp³-hybridized carbons (Fsp3) is 0.346. The molecule has 0 amide bonds. The van der Waals surface area contributed by atoms with Gasteiger partial charge in [0, 0.05) is 65.1 Å². The van der Waals surface area contributed by atoms with E-state index in [1.54, 1.807) is 18.6 Å². The van der Waals surface area contributed by atoms with Gasteiger partial charge >= 0.3 is 0 Å². The Morgan fingerprint density at radius 2 is 1.91 bits per heavy atom. The van der Waals surface area contributed by atoms with Crippen LogP contribution in [0.2, 0.25) is 0 Å². The molecule has 5 rings (SSSR count). The molecule has 4 heterocycles. The Labute approximate surface area is 204 Å². The summed E-state index contributed by atoms with van der Waals surface area (Å²) in [5.41, 5.74) is 6.36. The van der Waals surface area contributed by atoms with Gasteiger partial charge in [0.15, 0.2) is 0 Å². The summed E-state index contributed by atoms with van der Waals surface area (Å²) in [6, 6.07) is 7.10. The fourth-order valence-electron chi connectivity index (χ4n) is 4.79. The van der Waals surface area contributed by atoms with E-state index in [2.05, 4.69) is 20.3 Å². The van der Waals surface area contributed by atoms with Crippen molar-refractivity contribution in [2.24, 2.45) is 0 Å². The van der Waals surface area contributed by atoms with Gasteiger partial charge in [-0.3, -0.25) is 9.38 Å². The second kappa shape index (κ2) is 9.08. The SMILES string of the molecule is CCP(=O)(CC)c1ncn2c(NCc3c(F)ccc4c3CCO4)ncc(-c3ccc(C)nc3C)c12. The second-order valence-corrected chi connectivity index (χ2v) is 12.3. The average Bonchev–Trinajstić information content (AvgIpc) is 3.51. The lowest BCUT2D eigenvalue weighted by molar-refractivity contribution is 0.356. The Morgan fingerprint density at radius 3 is 2.66 bits per heavy atom. The number of nitrogens with one attached hydrogen (secondary N) is 1. The summed E-state index contributed by atoms with van der Waals surface area (Å²) in [7, 11) is -2.70. The first-order chi connectivity index (χ1) is 16.9. The van der Waals surface area contributed by atoms with Crippen LogP contribution in [-0.4, -0.2) is 38.3 Å². The van der Waals surface area contributed by atoms with Crippen LogP contribution in [0.3, 0.4) is 0 Å². The summed E-state index contributed by atoms with van der Waals surface area (Å²) in [6.45, 7) is 8.60. The topological polar surface area (TPSA) is 81.4 Å². The molecule has 3 aromatic heterocycles. The Kier molecular flexibility index (Phi) is 6.09. The highest BCUT2D eigenvalue weighted by Gasteiger charge is 2.29. The molecule has 0 spiro atoms. The minimum Gasteiger partial charge on any atom is -0.493 e. The van der Waals surface area contributed by atoms with Crippen molar-refractivity contribution in [3.63, 3.8) is 0 Å². The van der Waals surface area contributed by atoms with Crippen molar-refractivity contribution in [1.82, 2.24) is 19.4 Å². The minimum absolute atomic E-state index is 0.248. The van der Waals surface area contributed by atoms with Gasteiger partial charge in [-0.15, -0.1) is 0 Å². The predicted molar refractivity (Wildman–Crippen MR) is 137 cm³/mol. The van der Waals surface area contributed by atoms with Crippen molar-refractivity contribution >= 4 is 24.0 Å². The third-order valence-corrected chi connectivity index (χ3v) is 9.98. The van der Waals surface area contributed by atoms with Crippen molar-refractivity contribution in [3.05, 3.63) is 65.1 Å². The van der Waals surface area contributed by atoms with Crippen molar-refractivity contribution in [2.45, 2.75) is 40.7 Å². The van der Waals surface area contributed by atoms with Crippen LogP contribution < -0.4 is 15.5 Å². The highest BCUT2D eigenvalue weighted by Crippen LogP contribution is 2.45. The van der Waals surface area contributed by atoms with Gasteiger partial charge in [-0.1, -0.05) is 19.9 Å². The fourth-order valence-corrected chi connectivity index (χ4v) is 6.72. The zero-order chi connectivity index (χ0) is 24.7. The van der Waals surface area contributed by atoms with E-state index in [0.717, 1.165) is 39.3 Å². The minimum atomic E-state index is -2.70. The Bertz CT molecular complexity index is 1470. The number of ether oxygens (including phenoxy) is 1. The zero-order valence-corrected chi connectivity index (χ0v) is 21.3. The highest BCUT2D eigenvalue weighted by atomic mass is 31.2. The number of aryl methyl sites for hydroxylation is 2. The molecular formula is C26H29FN5O2P. The summed E-state index contributed by atoms with van der Waals surface area (Å²) < 4.78 is 36.0. The summed E-state index contributed by atoms with van der Waals surface area (Å²) in [4.78, 5) is 13.9. The summed E-state index contributed by atoms with van der Waals surface area (Å²) in [5, 5.41) is 3.29. The molecule has 7 nitrogen and oxygen atoms in total. The molecule has 0 unspecified atom stereocenters. The monoisotopic (exact) mass is 493 g/mol. The Hall–Kier alpha value is -3.25. The number of halogens is 1. The van der Waals surface area contributed by atoms with Crippen molar-refractivity contribution < 1.29 is 13.7 Å². The average molecular weight is 494 g/mol. The van der Waals surface area contributed by atoms with E-state index < -0.39 is 7.14 Å². The molecule has 0 bridgehead atoms. The van der Waals surface area contributed by atoms with Gasteiger partial charge in [-0.25, -0.2) is 14.4 Å². The standard InChI is InChI=1S/C26H29FN5O2P/c1-5-35(33,6-2)25-24-21(18-8-7-16(3)31-17(18)4)14-29-26(32(24)15-30-25)28-13-20-19-11-12-34-23(19)10-9-22(20)27/h7-10,14-15H,5-6,11-13H2,1-4H3,(H,28,29). The lowest BCUT2D eigenvalue weighted by atomic mass is 10.0. The molecule has 1 N–H and O–H groups in total. The van der Waals surface area contributed by atoms with Gasteiger partial charge < -0.3 is 14.6 Å². The maximum Gasteiger partial charge on any atom is 0.209 e. The number of hydrogen-bond donors (Lipinski definition) is 1. The van der Waals surface area contributed by atoms with E-state index in [0.29, 0.717) is 42.3 Å². The molecule has 1 aliphatic rings. The third-order valence-electron chi connectivity index (χ3n) is 6.83. The van der Waals surface area contributed by atoms with Crippen LogP contribution in [0.25, 0.3) is 16.6 Å². The first-order valence-electron chi connectivity index (χ1n) is 11.9. The van der Waals surface area contributed by atoms with E-state index in [1.807, 2.05) is 44.2 Å². The number of aromatic nitrogens is 4. The molecule has 0 radical (unpaired) electrons. The van der Waals surface area contributed by atoms with Gasteiger partial charge in [0.05, 0.1) is 12.1 Å². The molecule has 0 fully saturated rings. The van der Waals surface area contributed by atoms with Crippen LogP contribution in [0, 0.1) is 19.7 Å². The first kappa shape index (κ1) is 23.5. The molecule has 0 aliphatic carbocycles. The van der Waals surface area contributed by atoms with Gasteiger partial charge in [0.2, 0.25) is 5.95 Å². The van der Waals surface area contributed by atoms with Crippen LogP contribution in [0.15, 0.2) is 36.8 Å². The maximum absolute atomic E-state index is 14.7. The molecule has 4 aromatic rings. The molecular weight excluding hydrogens is 464 g/mol. The number of benzene rings is 1. The maximum atomic E-state index is 14.7. The highest BCUT2D eigenvalue weighted by molar-refractivity contribution is 7.71. The molecule has 35 heavy (non-hydrogen) atoms.